The lowest BCUT2D eigenvalue weighted by Crippen LogP contribution is -2.21. The highest BCUT2D eigenvalue weighted by Crippen LogP contribution is 2.30. The normalized spacial score (nSPS) is 11.6. The summed E-state index contributed by atoms with van der Waals surface area (Å²) in [6.07, 6.45) is 0. The van der Waals surface area contributed by atoms with E-state index in [0.29, 0.717) is 5.69 Å². The molecule has 0 aromatic carbocycles. The van der Waals surface area contributed by atoms with Crippen LogP contribution < -0.4 is 5.32 Å². The van der Waals surface area contributed by atoms with Gasteiger partial charge in [-0.3, -0.25) is 9.48 Å². The Balaban J connectivity index is 3.33. The second kappa shape index (κ2) is 3.96. The molecule has 84 valence electrons. The van der Waals surface area contributed by atoms with E-state index < -0.39 is 0 Å². The van der Waals surface area contributed by atoms with Crippen molar-refractivity contribution >= 4 is 21.8 Å². The first-order valence-corrected chi connectivity index (χ1v) is 5.53. The standard InChI is InChI=1S/C10H16BrN3O/c1-10(2,3)8-6(11)7(9(15)12-4)14(5)13-8/h1-5H3,(H,12,15). The van der Waals surface area contributed by atoms with Gasteiger partial charge in [0.05, 0.1) is 10.2 Å². The van der Waals surface area contributed by atoms with Gasteiger partial charge < -0.3 is 5.32 Å². The molecule has 1 heterocycles. The van der Waals surface area contributed by atoms with Crippen LogP contribution in [0.5, 0.6) is 0 Å². The molecule has 1 amide bonds. The maximum absolute atomic E-state index is 11.6. The van der Waals surface area contributed by atoms with Crippen molar-refractivity contribution < 1.29 is 4.79 Å². The largest absolute Gasteiger partial charge is 0.354 e. The molecule has 1 aromatic heterocycles. The summed E-state index contributed by atoms with van der Waals surface area (Å²) in [7, 11) is 3.38. The van der Waals surface area contributed by atoms with Crippen molar-refractivity contribution in [2.75, 3.05) is 7.05 Å². The second-order valence-corrected chi connectivity index (χ2v) is 5.26. The summed E-state index contributed by atoms with van der Waals surface area (Å²) in [5, 5.41) is 6.96. The number of carbonyl (C=O) groups excluding carboxylic acids is 1. The van der Waals surface area contributed by atoms with E-state index in [4.69, 9.17) is 0 Å². The Morgan fingerprint density at radius 3 is 2.33 bits per heavy atom. The Morgan fingerprint density at radius 1 is 1.47 bits per heavy atom. The van der Waals surface area contributed by atoms with E-state index in [2.05, 4.69) is 47.1 Å². The van der Waals surface area contributed by atoms with Crippen LogP contribution in [-0.2, 0) is 12.5 Å². The van der Waals surface area contributed by atoms with Crippen molar-refractivity contribution in [1.82, 2.24) is 15.1 Å². The number of carbonyl (C=O) groups is 1. The number of hydrogen-bond donors (Lipinski definition) is 1. The molecule has 0 aliphatic heterocycles. The average molecular weight is 274 g/mol. The molecule has 15 heavy (non-hydrogen) atoms. The Morgan fingerprint density at radius 2 is 2.00 bits per heavy atom. The number of rotatable bonds is 1. The first-order chi connectivity index (χ1) is 6.79. The molecule has 0 fully saturated rings. The molecule has 0 bridgehead atoms. The SMILES string of the molecule is CNC(=O)c1c(Br)c(C(C)(C)C)nn1C. The number of aromatic nitrogens is 2. The van der Waals surface area contributed by atoms with Crippen LogP contribution in [0.25, 0.3) is 0 Å². The zero-order valence-electron chi connectivity index (χ0n) is 9.68. The zero-order valence-corrected chi connectivity index (χ0v) is 11.3. The van der Waals surface area contributed by atoms with Gasteiger partial charge in [0.15, 0.2) is 0 Å². The van der Waals surface area contributed by atoms with Crippen LogP contribution in [0.3, 0.4) is 0 Å². The van der Waals surface area contributed by atoms with E-state index in [-0.39, 0.29) is 11.3 Å². The minimum Gasteiger partial charge on any atom is -0.354 e. The average Bonchev–Trinajstić information content (AvgIpc) is 2.40. The van der Waals surface area contributed by atoms with E-state index in [1.807, 2.05) is 0 Å². The van der Waals surface area contributed by atoms with Crippen LogP contribution >= 0.6 is 15.9 Å². The van der Waals surface area contributed by atoms with Gasteiger partial charge in [-0.25, -0.2) is 0 Å². The fourth-order valence-electron chi connectivity index (χ4n) is 1.34. The molecular weight excluding hydrogens is 258 g/mol. The molecule has 1 aromatic rings. The summed E-state index contributed by atoms with van der Waals surface area (Å²) >= 11 is 3.44. The quantitative estimate of drug-likeness (QED) is 0.849. The Labute approximate surface area is 98.2 Å². The van der Waals surface area contributed by atoms with Crippen LogP contribution in [0.15, 0.2) is 4.47 Å². The molecule has 0 unspecified atom stereocenters. The van der Waals surface area contributed by atoms with Gasteiger partial charge in [0, 0.05) is 19.5 Å². The van der Waals surface area contributed by atoms with E-state index in [9.17, 15) is 4.79 Å². The highest BCUT2D eigenvalue weighted by Gasteiger charge is 2.26. The van der Waals surface area contributed by atoms with Crippen molar-refractivity contribution in [3.05, 3.63) is 15.9 Å². The van der Waals surface area contributed by atoms with Crippen molar-refractivity contribution in [1.29, 1.82) is 0 Å². The third-order valence-electron chi connectivity index (χ3n) is 2.14. The van der Waals surface area contributed by atoms with Gasteiger partial charge in [0.1, 0.15) is 5.69 Å². The van der Waals surface area contributed by atoms with Crippen LogP contribution in [0, 0.1) is 0 Å². The Hall–Kier alpha value is -0.840. The number of amides is 1. The van der Waals surface area contributed by atoms with Gasteiger partial charge >= 0.3 is 0 Å². The highest BCUT2D eigenvalue weighted by atomic mass is 79.9. The topological polar surface area (TPSA) is 46.9 Å². The highest BCUT2D eigenvalue weighted by molar-refractivity contribution is 9.10. The summed E-state index contributed by atoms with van der Waals surface area (Å²) in [5.74, 6) is -0.132. The Bertz CT molecular complexity index is 390. The molecule has 0 radical (unpaired) electrons. The number of nitrogens with one attached hydrogen (secondary N) is 1. The lowest BCUT2D eigenvalue weighted by atomic mass is 9.92. The third kappa shape index (κ3) is 2.22. The molecule has 4 nitrogen and oxygen atoms in total. The molecule has 0 aliphatic carbocycles. The monoisotopic (exact) mass is 273 g/mol. The maximum Gasteiger partial charge on any atom is 0.270 e. The zero-order chi connectivity index (χ0) is 11.8. The minimum absolute atomic E-state index is 0.0805. The van der Waals surface area contributed by atoms with Crippen LogP contribution in [-0.4, -0.2) is 22.7 Å². The van der Waals surface area contributed by atoms with Crippen LogP contribution in [0.1, 0.15) is 37.0 Å². The summed E-state index contributed by atoms with van der Waals surface area (Å²) in [6.45, 7) is 6.19. The fraction of sp³-hybridized carbons (Fsp3) is 0.600. The van der Waals surface area contributed by atoms with Gasteiger partial charge in [-0.1, -0.05) is 20.8 Å². The maximum atomic E-state index is 11.6. The first kappa shape index (κ1) is 12.2. The molecule has 5 heteroatoms. The van der Waals surface area contributed by atoms with Gasteiger partial charge in [-0.2, -0.15) is 5.10 Å². The summed E-state index contributed by atoms with van der Waals surface area (Å²) in [5.41, 5.74) is 1.37. The first-order valence-electron chi connectivity index (χ1n) is 4.74. The molecule has 1 N–H and O–H groups in total. The van der Waals surface area contributed by atoms with Crippen molar-refractivity contribution in [2.24, 2.45) is 7.05 Å². The van der Waals surface area contributed by atoms with Crippen molar-refractivity contribution in [3.63, 3.8) is 0 Å². The molecule has 0 aliphatic rings. The molecule has 0 spiro atoms. The smallest absolute Gasteiger partial charge is 0.270 e. The second-order valence-electron chi connectivity index (χ2n) is 4.46. The third-order valence-corrected chi connectivity index (χ3v) is 2.89. The summed E-state index contributed by atoms with van der Waals surface area (Å²) in [6, 6.07) is 0. The minimum atomic E-state index is -0.132. The molecular formula is C10H16BrN3O. The number of aryl methyl sites for hydroxylation is 1. The van der Waals surface area contributed by atoms with Crippen LogP contribution in [0.2, 0.25) is 0 Å². The number of hydrogen-bond acceptors (Lipinski definition) is 2. The molecule has 0 saturated carbocycles. The van der Waals surface area contributed by atoms with Gasteiger partial charge in [-0.15, -0.1) is 0 Å². The van der Waals surface area contributed by atoms with Gasteiger partial charge in [0.2, 0.25) is 0 Å². The molecule has 0 saturated heterocycles. The van der Waals surface area contributed by atoms with Crippen molar-refractivity contribution in [2.45, 2.75) is 26.2 Å². The molecule has 1 rings (SSSR count). The fourth-order valence-corrected chi connectivity index (χ4v) is 2.45. The predicted octanol–water partition coefficient (Wildman–Crippen LogP) is 1.84. The van der Waals surface area contributed by atoms with Crippen molar-refractivity contribution in [3.8, 4) is 0 Å². The van der Waals surface area contributed by atoms with Crippen LogP contribution in [0.4, 0.5) is 0 Å². The van der Waals surface area contributed by atoms with E-state index in [1.165, 1.54) is 0 Å². The lowest BCUT2D eigenvalue weighted by molar-refractivity contribution is 0.0953. The lowest BCUT2D eigenvalue weighted by Gasteiger charge is -2.15. The summed E-state index contributed by atoms with van der Waals surface area (Å²) in [4.78, 5) is 11.6. The summed E-state index contributed by atoms with van der Waals surface area (Å²) < 4.78 is 2.38. The molecule has 0 atom stereocenters. The Kier molecular flexibility index (Phi) is 3.23. The number of halogens is 1. The number of nitrogens with zero attached hydrogens (tertiary/aromatic N) is 2. The predicted molar refractivity (Wildman–Crippen MR) is 63.0 cm³/mol. The van der Waals surface area contributed by atoms with E-state index in [0.717, 1.165) is 10.2 Å². The van der Waals surface area contributed by atoms with E-state index in [1.54, 1.807) is 18.8 Å². The van der Waals surface area contributed by atoms with Gasteiger partial charge in [0.25, 0.3) is 5.91 Å². The van der Waals surface area contributed by atoms with Gasteiger partial charge in [-0.05, 0) is 15.9 Å². The van der Waals surface area contributed by atoms with E-state index >= 15 is 0 Å².